The van der Waals surface area contributed by atoms with Crippen LogP contribution in [0.1, 0.15) is 0 Å². The van der Waals surface area contributed by atoms with Crippen molar-refractivity contribution >= 4 is 27.1 Å². The lowest BCUT2D eigenvalue weighted by Gasteiger charge is -2.32. The Bertz CT molecular complexity index is 569. The van der Waals surface area contributed by atoms with Crippen molar-refractivity contribution in [1.82, 2.24) is 9.80 Å². The Morgan fingerprint density at radius 3 is 2.50 bits per heavy atom. The molecule has 20 heavy (non-hydrogen) atoms. The predicted octanol–water partition coefficient (Wildman–Crippen LogP) is 0.943. The zero-order valence-corrected chi connectivity index (χ0v) is 13.1. The van der Waals surface area contributed by atoms with Gasteiger partial charge in [0.05, 0.1) is 16.3 Å². The molecule has 0 atom stereocenters. The molecule has 1 saturated heterocycles. The number of piperazine rings is 1. The molecule has 0 saturated carbocycles. The van der Waals surface area contributed by atoms with Crippen LogP contribution in [0.15, 0.2) is 23.1 Å². The summed E-state index contributed by atoms with van der Waals surface area (Å²) in [7, 11) is -1.29. The minimum atomic E-state index is -3.36. The Kier molecular flexibility index (Phi) is 4.90. The third-order valence-corrected chi connectivity index (χ3v) is 5.58. The molecule has 1 aliphatic rings. The van der Waals surface area contributed by atoms with E-state index in [-0.39, 0.29) is 16.3 Å². The number of nitrogen functional groups attached to an aromatic ring is 1. The molecule has 1 fully saturated rings. The van der Waals surface area contributed by atoms with Gasteiger partial charge in [-0.25, -0.2) is 8.42 Å². The van der Waals surface area contributed by atoms with Crippen LogP contribution in [0, 0.1) is 0 Å². The van der Waals surface area contributed by atoms with Gasteiger partial charge in [0.15, 0.2) is 9.84 Å². The molecule has 7 heteroatoms. The van der Waals surface area contributed by atoms with Crippen LogP contribution in [-0.2, 0) is 9.84 Å². The molecule has 1 aliphatic heterocycles. The quantitative estimate of drug-likeness (QED) is 0.837. The SMILES string of the molecule is CN1CCN(CCS(=O)(=O)c2ccc(Cl)cc2N)CC1. The number of hydrogen-bond donors (Lipinski definition) is 1. The minimum absolute atomic E-state index is 0.0859. The van der Waals surface area contributed by atoms with E-state index in [1.54, 1.807) is 6.07 Å². The van der Waals surface area contributed by atoms with Gasteiger partial charge in [-0.1, -0.05) is 11.6 Å². The van der Waals surface area contributed by atoms with Crippen molar-refractivity contribution in [2.45, 2.75) is 4.90 Å². The number of halogens is 1. The number of nitrogens with two attached hydrogens (primary N) is 1. The van der Waals surface area contributed by atoms with E-state index in [4.69, 9.17) is 17.3 Å². The number of rotatable bonds is 4. The van der Waals surface area contributed by atoms with Crippen molar-refractivity contribution in [3.05, 3.63) is 23.2 Å². The molecule has 112 valence electrons. The van der Waals surface area contributed by atoms with E-state index in [0.717, 1.165) is 26.2 Å². The second-order valence-corrected chi connectivity index (χ2v) is 7.66. The van der Waals surface area contributed by atoms with Gasteiger partial charge in [-0.3, -0.25) is 4.90 Å². The first-order valence-corrected chi connectivity index (χ1v) is 8.60. The van der Waals surface area contributed by atoms with E-state index in [1.807, 2.05) is 0 Å². The lowest BCUT2D eigenvalue weighted by Crippen LogP contribution is -2.45. The molecule has 1 heterocycles. The van der Waals surface area contributed by atoms with Crippen LogP contribution in [-0.4, -0.2) is 63.7 Å². The lowest BCUT2D eigenvalue weighted by atomic mass is 10.3. The molecule has 0 unspecified atom stereocenters. The van der Waals surface area contributed by atoms with E-state index in [0.29, 0.717) is 11.6 Å². The summed E-state index contributed by atoms with van der Waals surface area (Å²) in [6.07, 6.45) is 0. The second-order valence-electron chi connectivity index (χ2n) is 5.15. The molecule has 0 aromatic heterocycles. The molecule has 2 rings (SSSR count). The Hall–Kier alpha value is -0.820. The van der Waals surface area contributed by atoms with Gasteiger partial charge in [0.2, 0.25) is 0 Å². The highest BCUT2D eigenvalue weighted by molar-refractivity contribution is 7.91. The smallest absolute Gasteiger partial charge is 0.181 e. The van der Waals surface area contributed by atoms with Gasteiger partial charge in [-0.15, -0.1) is 0 Å². The third-order valence-electron chi connectivity index (χ3n) is 3.58. The minimum Gasteiger partial charge on any atom is -0.398 e. The Balaban J connectivity index is 2.00. The fourth-order valence-corrected chi connectivity index (χ4v) is 3.83. The van der Waals surface area contributed by atoms with Gasteiger partial charge in [-0.2, -0.15) is 0 Å². The van der Waals surface area contributed by atoms with Crippen LogP contribution < -0.4 is 5.73 Å². The first kappa shape index (κ1) is 15.6. The van der Waals surface area contributed by atoms with Crippen LogP contribution in [0.3, 0.4) is 0 Å². The van der Waals surface area contributed by atoms with Crippen molar-refractivity contribution < 1.29 is 8.42 Å². The maximum Gasteiger partial charge on any atom is 0.181 e. The number of likely N-dealkylation sites (N-methyl/N-ethyl adjacent to an activating group) is 1. The molecule has 0 aliphatic carbocycles. The first-order chi connectivity index (χ1) is 9.38. The molecule has 1 aromatic carbocycles. The van der Waals surface area contributed by atoms with Crippen molar-refractivity contribution in [2.24, 2.45) is 0 Å². The summed E-state index contributed by atoms with van der Waals surface area (Å²) in [6.45, 7) is 4.30. The van der Waals surface area contributed by atoms with Crippen LogP contribution in [0.4, 0.5) is 5.69 Å². The molecule has 0 bridgehead atoms. The zero-order valence-electron chi connectivity index (χ0n) is 11.5. The molecular weight excluding hydrogens is 298 g/mol. The Morgan fingerprint density at radius 2 is 1.90 bits per heavy atom. The van der Waals surface area contributed by atoms with Gasteiger partial charge >= 0.3 is 0 Å². The maximum absolute atomic E-state index is 12.3. The molecular formula is C13H20ClN3O2S. The van der Waals surface area contributed by atoms with Crippen molar-refractivity contribution in [3.8, 4) is 0 Å². The molecule has 0 spiro atoms. The monoisotopic (exact) mass is 317 g/mol. The number of nitrogens with zero attached hydrogens (tertiary/aromatic N) is 2. The molecule has 5 nitrogen and oxygen atoms in total. The topological polar surface area (TPSA) is 66.6 Å². The maximum atomic E-state index is 12.3. The highest BCUT2D eigenvalue weighted by Gasteiger charge is 2.21. The second kappa shape index (κ2) is 6.30. The largest absolute Gasteiger partial charge is 0.398 e. The van der Waals surface area contributed by atoms with Crippen LogP contribution >= 0.6 is 11.6 Å². The number of hydrogen-bond acceptors (Lipinski definition) is 5. The summed E-state index contributed by atoms with van der Waals surface area (Å²) in [6, 6.07) is 4.52. The van der Waals surface area contributed by atoms with Crippen molar-refractivity contribution in [2.75, 3.05) is 51.3 Å². The van der Waals surface area contributed by atoms with Crippen LogP contribution in [0.25, 0.3) is 0 Å². The van der Waals surface area contributed by atoms with Crippen LogP contribution in [0.5, 0.6) is 0 Å². The van der Waals surface area contributed by atoms with Gasteiger partial charge < -0.3 is 10.6 Å². The van der Waals surface area contributed by atoms with E-state index >= 15 is 0 Å². The molecule has 0 radical (unpaired) electrons. The van der Waals surface area contributed by atoms with E-state index in [2.05, 4.69) is 16.8 Å². The highest BCUT2D eigenvalue weighted by Crippen LogP contribution is 2.23. The summed E-state index contributed by atoms with van der Waals surface area (Å²) in [5.74, 6) is 0.0859. The van der Waals surface area contributed by atoms with Gasteiger partial charge in [0.1, 0.15) is 0 Å². The Morgan fingerprint density at radius 1 is 1.25 bits per heavy atom. The highest BCUT2D eigenvalue weighted by atomic mass is 35.5. The summed E-state index contributed by atoms with van der Waals surface area (Å²) in [4.78, 5) is 4.59. The van der Waals surface area contributed by atoms with Gasteiger partial charge in [0, 0.05) is 37.7 Å². The number of benzene rings is 1. The third kappa shape index (κ3) is 3.85. The normalized spacial score (nSPS) is 18.3. The fraction of sp³-hybridized carbons (Fsp3) is 0.538. The van der Waals surface area contributed by atoms with E-state index in [9.17, 15) is 8.42 Å². The van der Waals surface area contributed by atoms with Gasteiger partial charge in [0.25, 0.3) is 0 Å². The summed E-state index contributed by atoms with van der Waals surface area (Å²) < 4.78 is 24.6. The van der Waals surface area contributed by atoms with Crippen molar-refractivity contribution in [1.29, 1.82) is 0 Å². The predicted molar refractivity (Wildman–Crippen MR) is 81.9 cm³/mol. The first-order valence-electron chi connectivity index (χ1n) is 6.57. The summed E-state index contributed by atoms with van der Waals surface area (Å²) >= 11 is 5.79. The fourth-order valence-electron chi connectivity index (χ4n) is 2.23. The Labute approximate surface area is 125 Å². The lowest BCUT2D eigenvalue weighted by molar-refractivity contribution is 0.161. The van der Waals surface area contributed by atoms with Gasteiger partial charge in [-0.05, 0) is 25.2 Å². The van der Waals surface area contributed by atoms with Crippen molar-refractivity contribution in [3.63, 3.8) is 0 Å². The number of anilines is 1. The molecule has 2 N–H and O–H groups in total. The molecule has 0 amide bonds. The summed E-state index contributed by atoms with van der Waals surface area (Å²) in [5.41, 5.74) is 5.97. The average molecular weight is 318 g/mol. The van der Waals surface area contributed by atoms with E-state index < -0.39 is 9.84 Å². The van der Waals surface area contributed by atoms with Crippen LogP contribution in [0.2, 0.25) is 5.02 Å². The standard InChI is InChI=1S/C13H20ClN3O2S/c1-16-4-6-17(7-5-16)8-9-20(18,19)13-3-2-11(14)10-12(13)15/h2-3,10H,4-9,15H2,1H3. The average Bonchev–Trinajstić information content (AvgIpc) is 2.37. The zero-order chi connectivity index (χ0) is 14.8. The number of sulfone groups is 1. The van der Waals surface area contributed by atoms with E-state index in [1.165, 1.54) is 12.1 Å². The summed E-state index contributed by atoms with van der Waals surface area (Å²) in [5, 5.41) is 0.445. The molecule has 1 aromatic rings.